The number of halogens is 1. The number of hydrogen-bond acceptors (Lipinski definition) is 3. The van der Waals surface area contributed by atoms with Gasteiger partial charge in [0, 0.05) is 27.7 Å². The lowest BCUT2D eigenvalue weighted by molar-refractivity contribution is -0.683. The average Bonchev–Trinajstić information content (AvgIpc) is 2.48. The Morgan fingerprint density at radius 2 is 1.50 bits per heavy atom. The third kappa shape index (κ3) is 3.59. The number of ketones is 2. The van der Waals surface area contributed by atoms with Crippen LogP contribution >= 0.6 is 15.9 Å². The summed E-state index contributed by atoms with van der Waals surface area (Å²) in [5.41, 5.74) is 6.51. The zero-order valence-corrected chi connectivity index (χ0v) is 12.3. The number of carbonyl (C=O) groups is 2. The molecule has 0 spiro atoms. The minimum absolute atomic E-state index is 0.0121. The lowest BCUT2D eigenvalue weighted by Gasteiger charge is -2.00. The molecule has 0 aliphatic carbocycles. The number of benzene rings is 1. The predicted molar refractivity (Wildman–Crippen MR) is 78.5 cm³/mol. The van der Waals surface area contributed by atoms with Crippen LogP contribution in [0.25, 0.3) is 0 Å². The summed E-state index contributed by atoms with van der Waals surface area (Å²) in [6.07, 6.45) is 3.42. The van der Waals surface area contributed by atoms with Gasteiger partial charge in [-0.05, 0) is 12.1 Å². The van der Waals surface area contributed by atoms with Gasteiger partial charge in [0.15, 0.2) is 18.2 Å². The van der Waals surface area contributed by atoms with Gasteiger partial charge < -0.3 is 5.73 Å². The van der Waals surface area contributed by atoms with E-state index in [0.29, 0.717) is 11.1 Å². The predicted octanol–water partition coefficient (Wildman–Crippen LogP) is 1.76. The second-order valence-electron chi connectivity index (χ2n) is 4.32. The van der Waals surface area contributed by atoms with E-state index in [-0.39, 0.29) is 24.7 Å². The number of pyridine rings is 1. The number of carbonyl (C=O) groups excluding carboxylic acids is 2. The monoisotopic (exact) mass is 333 g/mol. The van der Waals surface area contributed by atoms with Crippen molar-refractivity contribution in [1.82, 2.24) is 0 Å². The normalized spacial score (nSPS) is 10.3. The molecule has 2 aromatic rings. The summed E-state index contributed by atoms with van der Waals surface area (Å²) in [6.45, 7) is 0.223. The van der Waals surface area contributed by atoms with Crippen LogP contribution in [-0.2, 0) is 6.54 Å². The Labute approximate surface area is 125 Å². The molecule has 0 amide bonds. The number of nitrogens with zero attached hydrogens (tertiary/aromatic N) is 1. The summed E-state index contributed by atoms with van der Waals surface area (Å²) in [5, 5.41) is 0. The maximum absolute atomic E-state index is 12.1. The van der Waals surface area contributed by atoms with Crippen molar-refractivity contribution in [2.75, 3.05) is 6.54 Å². The van der Waals surface area contributed by atoms with Gasteiger partial charge >= 0.3 is 0 Å². The van der Waals surface area contributed by atoms with Crippen LogP contribution in [0, 0.1) is 0 Å². The number of nitrogens with two attached hydrogens (primary N) is 1. The van der Waals surface area contributed by atoms with Crippen molar-refractivity contribution in [3.8, 4) is 0 Å². The topological polar surface area (TPSA) is 64.0 Å². The molecule has 2 N–H and O–H groups in total. The molecule has 2 rings (SSSR count). The summed E-state index contributed by atoms with van der Waals surface area (Å²) in [5.74, 6) is -0.100. The molecule has 0 radical (unpaired) electrons. The molecule has 1 aromatic heterocycles. The largest absolute Gasteiger partial charge is 0.324 e. The third-order valence-electron chi connectivity index (χ3n) is 2.89. The number of aromatic nitrogens is 1. The molecule has 0 saturated carbocycles. The molecule has 0 saturated heterocycles. The summed E-state index contributed by atoms with van der Waals surface area (Å²) >= 11 is 3.33. The Morgan fingerprint density at radius 3 is 2.05 bits per heavy atom. The summed E-state index contributed by atoms with van der Waals surface area (Å²) in [4.78, 5) is 23.5. The van der Waals surface area contributed by atoms with Gasteiger partial charge in [0.2, 0.25) is 12.3 Å². The highest BCUT2D eigenvalue weighted by molar-refractivity contribution is 9.10. The Balaban J connectivity index is 2.08. The van der Waals surface area contributed by atoms with Gasteiger partial charge in [-0.25, -0.2) is 0 Å². The van der Waals surface area contributed by atoms with E-state index in [1.54, 1.807) is 41.2 Å². The summed E-state index contributed by atoms with van der Waals surface area (Å²) in [6, 6.07) is 10.6. The Kier molecular flexibility index (Phi) is 4.76. The SMILES string of the molecule is NCC(=O)c1cc[n+](CC(=O)c2ccc(Br)cc2)cc1. The first-order chi connectivity index (χ1) is 9.60. The van der Waals surface area contributed by atoms with E-state index < -0.39 is 0 Å². The highest BCUT2D eigenvalue weighted by atomic mass is 79.9. The van der Waals surface area contributed by atoms with E-state index in [4.69, 9.17) is 5.73 Å². The standard InChI is InChI=1S/C15H14BrN2O2/c16-13-3-1-11(2-4-13)15(20)10-18-7-5-12(6-8-18)14(19)9-17/h1-8H,9-10,17H2/q+1. The average molecular weight is 334 g/mol. The van der Waals surface area contributed by atoms with Crippen molar-refractivity contribution in [1.29, 1.82) is 0 Å². The van der Waals surface area contributed by atoms with Gasteiger partial charge in [-0.1, -0.05) is 28.1 Å². The molecule has 4 nitrogen and oxygen atoms in total. The Bertz CT molecular complexity index is 621. The van der Waals surface area contributed by atoms with Crippen LogP contribution in [0.5, 0.6) is 0 Å². The van der Waals surface area contributed by atoms with Gasteiger partial charge in [-0.15, -0.1) is 0 Å². The molecule has 0 aliphatic rings. The molecular formula is C15H14BrN2O2+. The summed E-state index contributed by atoms with van der Waals surface area (Å²) in [7, 11) is 0. The second kappa shape index (κ2) is 6.54. The first kappa shape index (κ1) is 14.6. The van der Waals surface area contributed by atoms with E-state index in [1.165, 1.54) is 0 Å². The molecule has 1 heterocycles. The zero-order valence-electron chi connectivity index (χ0n) is 10.8. The van der Waals surface area contributed by atoms with E-state index in [2.05, 4.69) is 15.9 Å². The van der Waals surface area contributed by atoms with Crippen LogP contribution in [0.1, 0.15) is 20.7 Å². The molecular weight excluding hydrogens is 320 g/mol. The van der Waals surface area contributed by atoms with Crippen LogP contribution in [0.2, 0.25) is 0 Å². The molecule has 0 aliphatic heterocycles. The van der Waals surface area contributed by atoms with Crippen molar-refractivity contribution in [3.05, 3.63) is 64.4 Å². The molecule has 5 heteroatoms. The molecule has 0 atom stereocenters. The lowest BCUT2D eigenvalue weighted by Crippen LogP contribution is -2.37. The number of hydrogen-bond donors (Lipinski definition) is 1. The maximum atomic E-state index is 12.1. The highest BCUT2D eigenvalue weighted by Gasteiger charge is 2.13. The van der Waals surface area contributed by atoms with Crippen molar-refractivity contribution in [2.45, 2.75) is 6.54 Å². The Hall–Kier alpha value is -1.85. The first-order valence-corrected chi connectivity index (χ1v) is 6.90. The van der Waals surface area contributed by atoms with Gasteiger partial charge in [-0.3, -0.25) is 9.59 Å². The van der Waals surface area contributed by atoms with Crippen molar-refractivity contribution < 1.29 is 14.2 Å². The molecule has 0 bridgehead atoms. The van der Waals surface area contributed by atoms with E-state index in [0.717, 1.165) is 4.47 Å². The van der Waals surface area contributed by atoms with E-state index >= 15 is 0 Å². The van der Waals surface area contributed by atoms with Crippen LogP contribution in [-0.4, -0.2) is 18.1 Å². The van der Waals surface area contributed by atoms with Crippen LogP contribution in [0.4, 0.5) is 0 Å². The fourth-order valence-electron chi connectivity index (χ4n) is 1.76. The van der Waals surface area contributed by atoms with E-state index in [1.807, 2.05) is 12.1 Å². The maximum Gasteiger partial charge on any atom is 0.227 e. The van der Waals surface area contributed by atoms with Crippen molar-refractivity contribution >= 4 is 27.5 Å². The molecule has 0 unspecified atom stereocenters. The minimum atomic E-state index is -0.114. The second-order valence-corrected chi connectivity index (χ2v) is 5.23. The molecule has 1 aromatic carbocycles. The first-order valence-electron chi connectivity index (χ1n) is 6.11. The third-order valence-corrected chi connectivity index (χ3v) is 3.42. The zero-order chi connectivity index (χ0) is 14.5. The summed E-state index contributed by atoms with van der Waals surface area (Å²) < 4.78 is 2.67. The van der Waals surface area contributed by atoms with Gasteiger partial charge in [0.25, 0.3) is 0 Å². The number of rotatable bonds is 5. The Morgan fingerprint density at radius 1 is 0.950 bits per heavy atom. The van der Waals surface area contributed by atoms with Crippen molar-refractivity contribution in [3.63, 3.8) is 0 Å². The minimum Gasteiger partial charge on any atom is -0.324 e. The lowest BCUT2D eigenvalue weighted by atomic mass is 10.1. The van der Waals surface area contributed by atoms with Crippen LogP contribution in [0.3, 0.4) is 0 Å². The van der Waals surface area contributed by atoms with E-state index in [9.17, 15) is 9.59 Å². The van der Waals surface area contributed by atoms with Crippen LogP contribution < -0.4 is 10.3 Å². The van der Waals surface area contributed by atoms with Gasteiger partial charge in [0.05, 0.1) is 6.54 Å². The number of Topliss-reactive ketones (excluding diaryl/α,β-unsaturated/α-hetero) is 2. The smallest absolute Gasteiger partial charge is 0.227 e. The van der Waals surface area contributed by atoms with Gasteiger partial charge in [0.1, 0.15) is 0 Å². The van der Waals surface area contributed by atoms with Gasteiger partial charge in [-0.2, -0.15) is 4.57 Å². The fraction of sp³-hybridized carbons (Fsp3) is 0.133. The molecule has 102 valence electrons. The quantitative estimate of drug-likeness (QED) is 0.669. The molecule has 0 fully saturated rings. The molecule has 20 heavy (non-hydrogen) atoms. The van der Waals surface area contributed by atoms with Crippen molar-refractivity contribution in [2.24, 2.45) is 5.73 Å². The highest BCUT2D eigenvalue weighted by Crippen LogP contribution is 2.10. The van der Waals surface area contributed by atoms with Crippen LogP contribution in [0.15, 0.2) is 53.3 Å². The fourth-order valence-corrected chi connectivity index (χ4v) is 2.02.